The first-order valence-corrected chi connectivity index (χ1v) is 19.2. The van der Waals surface area contributed by atoms with E-state index < -0.39 is 13.9 Å². The highest BCUT2D eigenvalue weighted by Crippen LogP contribution is 2.42. The van der Waals surface area contributed by atoms with E-state index in [1.807, 2.05) is 0 Å². The van der Waals surface area contributed by atoms with Crippen molar-refractivity contribution in [1.29, 1.82) is 0 Å². The highest BCUT2D eigenvalue weighted by molar-refractivity contribution is 7.47. The number of aliphatic hydroxyl groups excluding tert-OH is 1. The van der Waals surface area contributed by atoms with Crippen LogP contribution in [0.1, 0.15) is 155 Å². The highest BCUT2D eigenvalue weighted by atomic mass is 31.2. The number of unbranched alkanes of at least 4 members (excludes halogenated alkanes) is 20. The van der Waals surface area contributed by atoms with E-state index in [9.17, 15) is 14.6 Å². The number of phosphoric ester groups is 1. The van der Waals surface area contributed by atoms with Crippen molar-refractivity contribution in [2.75, 3.05) is 40.1 Å². The molecule has 2 unspecified atom stereocenters. The van der Waals surface area contributed by atoms with E-state index in [0.29, 0.717) is 6.61 Å². The molecule has 0 rings (SSSR count). The van der Waals surface area contributed by atoms with Gasteiger partial charge in [-0.3, -0.25) is 9.05 Å². The molecule has 8 nitrogen and oxygen atoms in total. The van der Waals surface area contributed by atoms with Crippen LogP contribution in [0.3, 0.4) is 0 Å². The number of ether oxygens (including phenoxy) is 2. The van der Waals surface area contributed by atoms with Crippen LogP contribution in [0, 0.1) is 0 Å². The molecule has 0 aliphatic carbocycles. The van der Waals surface area contributed by atoms with Crippen molar-refractivity contribution in [2.45, 2.75) is 167 Å². The summed E-state index contributed by atoms with van der Waals surface area (Å²) in [6.45, 7) is 2.30. The standard InChI is InChI=1S/C34H70NO7P/c1-3-4-5-6-7-8-9-10-11-12-13-14-15-16-17-18-19-20-21-22-23-24-25-26-27-34(39-2)32-40-30-33(36)31-42-43(37,38)41-29-28-35/h8-9,33-34,36H,3-7,10-32,35H2,1-2H3,(H,37,38)/b9-8-/t33-,34?/m1/s1. The van der Waals surface area contributed by atoms with Gasteiger partial charge in [0, 0.05) is 13.7 Å². The molecular weight excluding hydrogens is 565 g/mol. The van der Waals surface area contributed by atoms with E-state index in [1.54, 1.807) is 7.11 Å². The summed E-state index contributed by atoms with van der Waals surface area (Å²) in [5.74, 6) is 0. The molecule has 0 saturated carbocycles. The maximum absolute atomic E-state index is 11.6. The van der Waals surface area contributed by atoms with Gasteiger partial charge in [0.1, 0.15) is 6.10 Å². The average molecular weight is 636 g/mol. The van der Waals surface area contributed by atoms with Crippen molar-refractivity contribution in [3.05, 3.63) is 12.2 Å². The summed E-state index contributed by atoms with van der Waals surface area (Å²) < 4.78 is 31.9. The van der Waals surface area contributed by atoms with E-state index in [0.717, 1.165) is 12.8 Å². The highest BCUT2D eigenvalue weighted by Gasteiger charge is 2.22. The monoisotopic (exact) mass is 635 g/mol. The van der Waals surface area contributed by atoms with Gasteiger partial charge in [0.05, 0.1) is 32.5 Å². The molecule has 43 heavy (non-hydrogen) atoms. The maximum atomic E-state index is 11.6. The van der Waals surface area contributed by atoms with E-state index in [1.165, 1.54) is 135 Å². The van der Waals surface area contributed by atoms with Crippen LogP contribution < -0.4 is 5.73 Å². The zero-order chi connectivity index (χ0) is 31.7. The van der Waals surface area contributed by atoms with Gasteiger partial charge in [-0.15, -0.1) is 0 Å². The minimum atomic E-state index is -4.19. The Morgan fingerprint density at radius 2 is 1.14 bits per heavy atom. The van der Waals surface area contributed by atoms with E-state index in [4.69, 9.17) is 19.7 Å². The van der Waals surface area contributed by atoms with Crippen molar-refractivity contribution < 1.29 is 33.1 Å². The molecule has 0 aromatic rings. The molecule has 9 heteroatoms. The molecule has 0 aromatic heterocycles. The summed E-state index contributed by atoms with van der Waals surface area (Å²) in [5, 5.41) is 9.89. The first-order valence-electron chi connectivity index (χ1n) is 17.7. The minimum absolute atomic E-state index is 0.00559. The van der Waals surface area contributed by atoms with Crippen LogP contribution in [-0.2, 0) is 23.1 Å². The summed E-state index contributed by atoms with van der Waals surface area (Å²) in [4.78, 5) is 9.43. The second-order valence-electron chi connectivity index (χ2n) is 12.0. The van der Waals surface area contributed by atoms with Crippen LogP contribution >= 0.6 is 7.82 Å². The second-order valence-corrected chi connectivity index (χ2v) is 13.4. The lowest BCUT2D eigenvalue weighted by atomic mass is 10.0. The number of methoxy groups -OCH3 is 1. The van der Waals surface area contributed by atoms with Crippen LogP contribution in [0.4, 0.5) is 0 Å². The Morgan fingerprint density at radius 3 is 1.60 bits per heavy atom. The van der Waals surface area contributed by atoms with Gasteiger partial charge in [-0.05, 0) is 32.1 Å². The van der Waals surface area contributed by atoms with Crippen molar-refractivity contribution in [2.24, 2.45) is 5.73 Å². The van der Waals surface area contributed by atoms with Gasteiger partial charge < -0.3 is 25.2 Å². The second kappa shape index (κ2) is 33.1. The average Bonchev–Trinajstić information content (AvgIpc) is 3.00. The molecule has 0 aliphatic rings. The molecule has 0 bridgehead atoms. The van der Waals surface area contributed by atoms with Crippen molar-refractivity contribution in [1.82, 2.24) is 0 Å². The van der Waals surface area contributed by atoms with E-state index >= 15 is 0 Å². The number of allylic oxidation sites excluding steroid dienone is 2. The number of rotatable bonds is 35. The summed E-state index contributed by atoms with van der Waals surface area (Å²) >= 11 is 0. The molecule has 0 amide bonds. The van der Waals surface area contributed by atoms with Crippen LogP contribution in [0.2, 0.25) is 0 Å². The van der Waals surface area contributed by atoms with Gasteiger partial charge in [-0.2, -0.15) is 0 Å². The Bertz CT molecular complexity index is 638. The molecule has 0 aromatic carbocycles. The van der Waals surface area contributed by atoms with Gasteiger partial charge in [-0.1, -0.05) is 135 Å². The smallest absolute Gasteiger partial charge is 0.388 e. The number of aliphatic hydroxyl groups is 1. The van der Waals surface area contributed by atoms with Crippen LogP contribution in [0.25, 0.3) is 0 Å². The number of hydrogen-bond donors (Lipinski definition) is 3. The van der Waals surface area contributed by atoms with Crippen molar-refractivity contribution in [3.63, 3.8) is 0 Å². The fourth-order valence-electron chi connectivity index (χ4n) is 5.07. The van der Waals surface area contributed by atoms with Crippen molar-refractivity contribution in [3.8, 4) is 0 Å². The van der Waals surface area contributed by atoms with Gasteiger partial charge in [0.2, 0.25) is 0 Å². The van der Waals surface area contributed by atoms with Gasteiger partial charge >= 0.3 is 7.82 Å². The molecule has 4 N–H and O–H groups in total. The molecule has 0 heterocycles. The molecule has 0 saturated heterocycles. The summed E-state index contributed by atoms with van der Waals surface area (Å²) in [7, 11) is -2.52. The third-order valence-electron chi connectivity index (χ3n) is 7.79. The number of hydrogen-bond acceptors (Lipinski definition) is 7. The molecule has 0 spiro atoms. The molecule has 0 fully saturated rings. The largest absolute Gasteiger partial charge is 0.472 e. The number of phosphoric acid groups is 1. The van der Waals surface area contributed by atoms with Gasteiger partial charge in [-0.25, -0.2) is 4.57 Å². The molecular formula is C34H70NO7P. The Kier molecular flexibility index (Phi) is 32.8. The SMILES string of the molecule is CCCCCC/C=C\CCCCCCCCCCCCCCCCCCC(COC[C@@H](O)COP(=O)(O)OCCN)OC. The van der Waals surface area contributed by atoms with Gasteiger partial charge in [0.25, 0.3) is 0 Å². The molecule has 3 atom stereocenters. The Labute approximate surface area is 265 Å². The van der Waals surface area contributed by atoms with E-state index in [2.05, 4.69) is 23.6 Å². The zero-order valence-electron chi connectivity index (χ0n) is 28.1. The Morgan fingerprint density at radius 1 is 0.674 bits per heavy atom. The Hall–Kier alpha value is -0.310. The lowest BCUT2D eigenvalue weighted by Crippen LogP contribution is -2.26. The third kappa shape index (κ3) is 32.9. The summed E-state index contributed by atoms with van der Waals surface area (Å²) in [6.07, 6.45) is 34.2. The van der Waals surface area contributed by atoms with Crippen LogP contribution in [-0.4, -0.2) is 62.3 Å². The van der Waals surface area contributed by atoms with Gasteiger partial charge in [0.15, 0.2) is 0 Å². The zero-order valence-corrected chi connectivity index (χ0v) is 29.0. The van der Waals surface area contributed by atoms with E-state index in [-0.39, 0.29) is 32.5 Å². The predicted octanol–water partition coefficient (Wildman–Crippen LogP) is 9.02. The van der Waals surface area contributed by atoms with Crippen LogP contribution in [0.5, 0.6) is 0 Å². The Balaban J connectivity index is 3.40. The predicted molar refractivity (Wildman–Crippen MR) is 179 cm³/mol. The normalized spacial score (nSPS) is 14.8. The van der Waals surface area contributed by atoms with Crippen molar-refractivity contribution >= 4 is 7.82 Å². The first-order chi connectivity index (χ1) is 20.9. The molecule has 0 radical (unpaired) electrons. The molecule has 258 valence electrons. The minimum Gasteiger partial charge on any atom is -0.388 e. The third-order valence-corrected chi connectivity index (χ3v) is 8.77. The lowest BCUT2D eigenvalue weighted by Gasteiger charge is -2.18. The number of nitrogens with two attached hydrogens (primary N) is 1. The molecule has 0 aliphatic heterocycles. The fourth-order valence-corrected chi connectivity index (χ4v) is 5.84. The summed E-state index contributed by atoms with van der Waals surface area (Å²) in [5.41, 5.74) is 5.23. The first kappa shape index (κ1) is 42.7. The quantitative estimate of drug-likeness (QED) is 0.0358. The summed E-state index contributed by atoms with van der Waals surface area (Å²) in [6, 6.07) is 0. The lowest BCUT2D eigenvalue weighted by molar-refractivity contribution is -0.0386. The fraction of sp³-hybridized carbons (Fsp3) is 0.941. The maximum Gasteiger partial charge on any atom is 0.472 e. The topological polar surface area (TPSA) is 120 Å². The van der Waals surface area contributed by atoms with Crippen LogP contribution in [0.15, 0.2) is 12.2 Å².